The minimum absolute atomic E-state index is 0.0954. The molecule has 1 aromatic rings. The number of rotatable bonds is 6. The Morgan fingerprint density at radius 3 is 2.74 bits per heavy atom. The van der Waals surface area contributed by atoms with Crippen LogP contribution >= 0.6 is 11.3 Å². The molecule has 0 bridgehead atoms. The zero-order valence-corrected chi connectivity index (χ0v) is 13.2. The fourth-order valence-electron chi connectivity index (χ4n) is 2.92. The summed E-state index contributed by atoms with van der Waals surface area (Å²) in [5.74, 6) is 0. The van der Waals surface area contributed by atoms with Crippen LogP contribution in [0.15, 0.2) is 5.38 Å². The number of hydrogen-bond donors (Lipinski definition) is 1. The van der Waals surface area contributed by atoms with Gasteiger partial charge in [0.2, 0.25) is 0 Å². The normalized spacial score (nSPS) is 20.4. The summed E-state index contributed by atoms with van der Waals surface area (Å²) in [5.41, 5.74) is 1.06. The highest BCUT2D eigenvalue weighted by Gasteiger charge is 2.37. The van der Waals surface area contributed by atoms with E-state index in [1.54, 1.807) is 11.3 Å². The van der Waals surface area contributed by atoms with Gasteiger partial charge in [-0.1, -0.05) is 26.2 Å². The fourth-order valence-corrected chi connectivity index (χ4v) is 4.05. The van der Waals surface area contributed by atoms with Gasteiger partial charge in [0.1, 0.15) is 10.6 Å². The van der Waals surface area contributed by atoms with Crippen molar-refractivity contribution in [2.45, 2.75) is 64.5 Å². The van der Waals surface area contributed by atoms with Crippen LogP contribution in [0.4, 0.5) is 0 Å². The van der Waals surface area contributed by atoms with Crippen LogP contribution in [0.2, 0.25) is 0 Å². The van der Waals surface area contributed by atoms with E-state index in [0.29, 0.717) is 6.04 Å². The Morgan fingerprint density at radius 1 is 1.37 bits per heavy atom. The van der Waals surface area contributed by atoms with Gasteiger partial charge >= 0.3 is 0 Å². The Bertz CT molecular complexity index is 380. The highest BCUT2D eigenvalue weighted by Crippen LogP contribution is 2.42. The third-order valence-electron chi connectivity index (χ3n) is 3.95. The maximum absolute atomic E-state index is 6.14. The van der Waals surface area contributed by atoms with Crippen LogP contribution in [-0.2, 0) is 10.3 Å². The monoisotopic (exact) mass is 282 g/mol. The summed E-state index contributed by atoms with van der Waals surface area (Å²) in [5, 5.41) is 6.81. The Hall–Kier alpha value is -0.450. The molecule has 1 heterocycles. The molecule has 2 rings (SSSR count). The molecule has 0 saturated heterocycles. The zero-order valence-electron chi connectivity index (χ0n) is 12.4. The molecule has 0 spiro atoms. The highest BCUT2D eigenvalue weighted by atomic mass is 32.1. The highest BCUT2D eigenvalue weighted by molar-refractivity contribution is 7.09. The van der Waals surface area contributed by atoms with Crippen molar-refractivity contribution in [3.05, 3.63) is 16.1 Å². The largest absolute Gasteiger partial charge is 0.368 e. The maximum Gasteiger partial charge on any atom is 0.125 e. The predicted molar refractivity (Wildman–Crippen MR) is 80.6 cm³/mol. The third kappa shape index (κ3) is 3.36. The van der Waals surface area contributed by atoms with Crippen LogP contribution < -0.4 is 5.32 Å². The average Bonchev–Trinajstić information content (AvgIpc) is 2.91. The predicted octanol–water partition coefficient (Wildman–Crippen LogP) is 4.01. The first-order valence-corrected chi connectivity index (χ1v) is 8.43. The summed E-state index contributed by atoms with van der Waals surface area (Å²) in [6.07, 6.45) is 6.11. The van der Waals surface area contributed by atoms with Crippen LogP contribution in [0, 0.1) is 0 Å². The molecule has 1 N–H and O–H groups in total. The molecule has 0 radical (unpaired) electrons. The lowest BCUT2D eigenvalue weighted by molar-refractivity contribution is -0.0705. The second kappa shape index (κ2) is 6.82. The molecule has 1 fully saturated rings. The second-order valence-corrected chi connectivity index (χ2v) is 6.20. The lowest BCUT2D eigenvalue weighted by Gasteiger charge is -2.35. The molecule has 1 atom stereocenters. The zero-order chi connectivity index (χ0) is 13.7. The molecule has 0 aromatic carbocycles. The van der Waals surface area contributed by atoms with E-state index in [-0.39, 0.29) is 5.60 Å². The minimum Gasteiger partial charge on any atom is -0.368 e. The number of hydrogen-bond acceptors (Lipinski definition) is 4. The first-order valence-electron chi connectivity index (χ1n) is 7.55. The fraction of sp³-hybridized carbons (Fsp3) is 0.800. The maximum atomic E-state index is 6.14. The van der Waals surface area contributed by atoms with Crippen molar-refractivity contribution >= 4 is 11.3 Å². The van der Waals surface area contributed by atoms with Gasteiger partial charge in [0.15, 0.2) is 0 Å². The Balaban J connectivity index is 2.18. The molecule has 4 heteroatoms. The molecular formula is C15H26N2OS. The van der Waals surface area contributed by atoms with Crippen LogP contribution in [0.5, 0.6) is 0 Å². The summed E-state index contributed by atoms with van der Waals surface area (Å²) in [6.45, 7) is 8.15. The van der Waals surface area contributed by atoms with E-state index in [1.807, 2.05) is 0 Å². The summed E-state index contributed by atoms with van der Waals surface area (Å²) in [6, 6.07) is 0.331. The SMILES string of the molecule is CCNC(C)c1csc(C2(OCC)CCCCC2)n1. The molecule has 0 amide bonds. The Morgan fingerprint density at radius 2 is 2.11 bits per heavy atom. The van der Waals surface area contributed by atoms with Crippen LogP contribution in [0.1, 0.15) is 69.6 Å². The third-order valence-corrected chi connectivity index (χ3v) is 4.99. The van der Waals surface area contributed by atoms with Crippen molar-refractivity contribution in [3.8, 4) is 0 Å². The van der Waals surface area contributed by atoms with E-state index in [0.717, 1.165) is 31.7 Å². The molecule has 1 saturated carbocycles. The van der Waals surface area contributed by atoms with Crippen molar-refractivity contribution in [1.82, 2.24) is 10.3 Å². The number of nitrogens with one attached hydrogen (secondary N) is 1. The molecule has 108 valence electrons. The molecule has 0 aliphatic heterocycles. The van der Waals surface area contributed by atoms with Gasteiger partial charge in [-0.3, -0.25) is 0 Å². The van der Waals surface area contributed by atoms with Gasteiger partial charge in [-0.2, -0.15) is 0 Å². The Kier molecular flexibility index (Phi) is 5.37. The lowest BCUT2D eigenvalue weighted by Crippen LogP contribution is -2.32. The quantitative estimate of drug-likeness (QED) is 0.856. The number of aromatic nitrogens is 1. The van der Waals surface area contributed by atoms with Crippen LogP contribution in [0.25, 0.3) is 0 Å². The van der Waals surface area contributed by atoms with Crippen molar-refractivity contribution in [2.24, 2.45) is 0 Å². The van der Waals surface area contributed by atoms with Crippen molar-refractivity contribution < 1.29 is 4.74 Å². The first-order chi connectivity index (χ1) is 9.22. The standard InChI is InChI=1S/C15H26N2OS/c1-4-16-12(3)13-11-19-14(17-13)15(18-5-2)9-7-6-8-10-15/h11-12,16H,4-10H2,1-3H3. The average molecular weight is 282 g/mol. The van der Waals surface area contributed by atoms with Gasteiger partial charge < -0.3 is 10.1 Å². The molecule has 3 nitrogen and oxygen atoms in total. The smallest absolute Gasteiger partial charge is 0.125 e. The lowest BCUT2D eigenvalue weighted by atomic mass is 9.85. The molecular weight excluding hydrogens is 256 g/mol. The number of thiazole rings is 1. The van der Waals surface area contributed by atoms with E-state index < -0.39 is 0 Å². The van der Waals surface area contributed by atoms with Gasteiger partial charge in [-0.25, -0.2) is 4.98 Å². The Labute approximate surface area is 120 Å². The topological polar surface area (TPSA) is 34.1 Å². The van der Waals surface area contributed by atoms with Gasteiger partial charge in [0, 0.05) is 18.0 Å². The summed E-state index contributed by atoms with van der Waals surface area (Å²) < 4.78 is 6.14. The van der Waals surface area contributed by atoms with E-state index in [2.05, 4.69) is 31.5 Å². The van der Waals surface area contributed by atoms with Gasteiger partial charge in [0.25, 0.3) is 0 Å². The van der Waals surface area contributed by atoms with Crippen LogP contribution in [0.3, 0.4) is 0 Å². The van der Waals surface area contributed by atoms with E-state index in [1.165, 1.54) is 24.3 Å². The van der Waals surface area contributed by atoms with Gasteiger partial charge in [0.05, 0.1) is 5.69 Å². The summed E-state index contributed by atoms with van der Waals surface area (Å²) in [4.78, 5) is 4.87. The first kappa shape index (κ1) is 14.9. The van der Waals surface area contributed by atoms with E-state index >= 15 is 0 Å². The summed E-state index contributed by atoms with van der Waals surface area (Å²) >= 11 is 1.77. The molecule has 1 aromatic heterocycles. The van der Waals surface area contributed by atoms with Gasteiger partial charge in [-0.15, -0.1) is 11.3 Å². The van der Waals surface area contributed by atoms with Gasteiger partial charge in [-0.05, 0) is 33.2 Å². The number of ether oxygens (including phenoxy) is 1. The molecule has 1 aliphatic carbocycles. The summed E-state index contributed by atoms with van der Waals surface area (Å²) in [7, 11) is 0. The van der Waals surface area contributed by atoms with E-state index in [9.17, 15) is 0 Å². The van der Waals surface area contributed by atoms with Crippen molar-refractivity contribution in [2.75, 3.05) is 13.2 Å². The van der Waals surface area contributed by atoms with E-state index in [4.69, 9.17) is 9.72 Å². The van der Waals surface area contributed by atoms with Crippen LogP contribution in [-0.4, -0.2) is 18.1 Å². The second-order valence-electron chi connectivity index (χ2n) is 5.34. The molecule has 1 aliphatic rings. The minimum atomic E-state index is -0.0954. The van der Waals surface area contributed by atoms with Crippen molar-refractivity contribution in [1.29, 1.82) is 0 Å². The number of nitrogens with zero attached hydrogens (tertiary/aromatic N) is 1. The van der Waals surface area contributed by atoms with Crippen molar-refractivity contribution in [3.63, 3.8) is 0 Å². The molecule has 1 unspecified atom stereocenters. The molecule has 19 heavy (non-hydrogen) atoms.